The Morgan fingerprint density at radius 3 is 2.64 bits per heavy atom. The number of esters is 1. The van der Waals surface area contributed by atoms with Gasteiger partial charge in [0.2, 0.25) is 5.91 Å². The highest BCUT2D eigenvalue weighted by atomic mass is 32.2. The van der Waals surface area contributed by atoms with Crippen LogP contribution in [0.15, 0.2) is 29.7 Å². The van der Waals surface area contributed by atoms with E-state index in [1.54, 1.807) is 12.4 Å². The number of methoxy groups -OCH3 is 1. The van der Waals surface area contributed by atoms with Gasteiger partial charge in [-0.15, -0.1) is 10.2 Å². The summed E-state index contributed by atoms with van der Waals surface area (Å²) >= 11 is 1.33. The van der Waals surface area contributed by atoms with Crippen LogP contribution < -0.4 is 5.32 Å². The number of nitrogens with zero attached hydrogens (tertiary/aromatic N) is 4. The van der Waals surface area contributed by atoms with Gasteiger partial charge < -0.3 is 10.1 Å². The molecule has 1 aliphatic rings. The van der Waals surface area contributed by atoms with Gasteiger partial charge in [0.1, 0.15) is 6.04 Å². The summed E-state index contributed by atoms with van der Waals surface area (Å²) in [6.07, 6.45) is 6.37. The fourth-order valence-corrected chi connectivity index (χ4v) is 3.69. The number of carbonyl (C=O) groups excluding carboxylic acids is 2. The van der Waals surface area contributed by atoms with Crippen molar-refractivity contribution in [3.63, 3.8) is 0 Å². The van der Waals surface area contributed by atoms with Crippen LogP contribution >= 0.6 is 11.8 Å². The van der Waals surface area contributed by atoms with E-state index in [1.165, 1.54) is 18.9 Å². The molecular formula is C19H25N5O3S. The van der Waals surface area contributed by atoms with Crippen LogP contribution in [0.3, 0.4) is 0 Å². The molecule has 28 heavy (non-hydrogen) atoms. The monoisotopic (exact) mass is 403 g/mol. The summed E-state index contributed by atoms with van der Waals surface area (Å²) in [5, 5.41) is 12.1. The summed E-state index contributed by atoms with van der Waals surface area (Å²) in [5.41, 5.74) is 0.952. The quantitative estimate of drug-likeness (QED) is 0.507. The van der Waals surface area contributed by atoms with Crippen molar-refractivity contribution < 1.29 is 14.3 Å². The molecule has 1 saturated carbocycles. The predicted molar refractivity (Wildman–Crippen MR) is 106 cm³/mol. The highest BCUT2D eigenvalue weighted by Crippen LogP contribution is 2.40. The lowest BCUT2D eigenvalue weighted by Gasteiger charge is -2.21. The van der Waals surface area contributed by atoms with Crippen LogP contribution in [0.5, 0.6) is 0 Å². The Bertz CT molecular complexity index is 822. The predicted octanol–water partition coefficient (Wildman–Crippen LogP) is 2.47. The summed E-state index contributed by atoms with van der Waals surface area (Å²) in [5.74, 6) is 0.297. The molecule has 0 unspecified atom stereocenters. The van der Waals surface area contributed by atoms with Gasteiger partial charge in [0.25, 0.3) is 0 Å². The van der Waals surface area contributed by atoms with Crippen molar-refractivity contribution in [3.8, 4) is 11.4 Å². The van der Waals surface area contributed by atoms with Gasteiger partial charge in [-0.05, 0) is 30.9 Å². The summed E-state index contributed by atoms with van der Waals surface area (Å²) in [7, 11) is 1.33. The van der Waals surface area contributed by atoms with Crippen molar-refractivity contribution in [2.75, 3.05) is 12.9 Å². The molecule has 0 aromatic carbocycles. The summed E-state index contributed by atoms with van der Waals surface area (Å²) < 4.78 is 6.92. The maximum absolute atomic E-state index is 12.4. The Morgan fingerprint density at radius 1 is 1.32 bits per heavy atom. The third-order valence-corrected chi connectivity index (χ3v) is 5.78. The zero-order valence-corrected chi connectivity index (χ0v) is 17.1. The number of amides is 1. The zero-order valence-electron chi connectivity index (χ0n) is 16.3. The van der Waals surface area contributed by atoms with Crippen molar-refractivity contribution in [1.82, 2.24) is 25.1 Å². The van der Waals surface area contributed by atoms with Gasteiger partial charge in [0.15, 0.2) is 11.0 Å². The first-order chi connectivity index (χ1) is 13.5. The maximum atomic E-state index is 12.4. The molecule has 0 radical (unpaired) electrons. The lowest BCUT2D eigenvalue weighted by Crippen LogP contribution is -2.46. The fraction of sp³-hybridized carbons (Fsp3) is 0.526. The van der Waals surface area contributed by atoms with Gasteiger partial charge in [-0.2, -0.15) is 0 Å². The van der Waals surface area contributed by atoms with E-state index in [9.17, 15) is 9.59 Å². The molecule has 1 fully saturated rings. The van der Waals surface area contributed by atoms with E-state index in [0.717, 1.165) is 30.7 Å². The fourth-order valence-electron chi connectivity index (χ4n) is 2.88. The van der Waals surface area contributed by atoms with Crippen molar-refractivity contribution in [3.05, 3.63) is 24.5 Å². The van der Waals surface area contributed by atoms with Crippen LogP contribution in [0.25, 0.3) is 11.4 Å². The first-order valence-corrected chi connectivity index (χ1v) is 10.4. The summed E-state index contributed by atoms with van der Waals surface area (Å²) in [6, 6.07) is 3.53. The molecule has 1 amide bonds. The molecule has 0 bridgehead atoms. The van der Waals surface area contributed by atoms with Gasteiger partial charge in [-0.1, -0.05) is 32.0 Å². The minimum absolute atomic E-state index is 0.00481. The number of rotatable bonds is 9. The normalized spacial score (nSPS) is 15.7. The molecule has 2 aromatic heterocycles. The van der Waals surface area contributed by atoms with E-state index < -0.39 is 12.0 Å². The lowest BCUT2D eigenvalue weighted by molar-refractivity contribution is -0.146. The topological polar surface area (TPSA) is 99.0 Å². The van der Waals surface area contributed by atoms with Crippen molar-refractivity contribution >= 4 is 23.6 Å². The standard InChI is InChI=1S/C19H25N5O3S/c1-4-12(2)16(18(26)27-3)21-15(25)11-28-19-23-22-17(24(19)14-5-6-14)13-7-9-20-10-8-13/h7-10,12,14,16H,4-6,11H2,1-3H3,(H,21,25)/t12-,16+/m1/s1. The second kappa shape index (κ2) is 9.18. The second-order valence-electron chi connectivity index (χ2n) is 6.89. The Hall–Kier alpha value is -2.42. The van der Waals surface area contributed by atoms with Gasteiger partial charge >= 0.3 is 5.97 Å². The minimum atomic E-state index is -0.642. The van der Waals surface area contributed by atoms with Gasteiger partial charge in [-0.25, -0.2) is 4.79 Å². The molecule has 1 N–H and O–H groups in total. The van der Waals surface area contributed by atoms with Gasteiger partial charge in [-0.3, -0.25) is 14.3 Å². The van der Waals surface area contributed by atoms with E-state index in [-0.39, 0.29) is 17.6 Å². The number of hydrogen-bond donors (Lipinski definition) is 1. The van der Waals surface area contributed by atoms with Crippen LogP contribution in [0, 0.1) is 5.92 Å². The molecule has 150 valence electrons. The highest BCUT2D eigenvalue weighted by molar-refractivity contribution is 7.99. The second-order valence-corrected chi connectivity index (χ2v) is 7.83. The Balaban J connectivity index is 1.68. The minimum Gasteiger partial charge on any atom is -0.467 e. The van der Waals surface area contributed by atoms with E-state index in [0.29, 0.717) is 11.2 Å². The van der Waals surface area contributed by atoms with Crippen molar-refractivity contribution in [2.45, 2.75) is 50.4 Å². The molecule has 2 aromatic rings. The lowest BCUT2D eigenvalue weighted by atomic mass is 9.99. The van der Waals surface area contributed by atoms with E-state index in [2.05, 4.69) is 25.1 Å². The zero-order chi connectivity index (χ0) is 20.1. The number of nitrogens with one attached hydrogen (secondary N) is 1. The van der Waals surface area contributed by atoms with Crippen LogP contribution in [-0.4, -0.2) is 50.5 Å². The van der Waals surface area contributed by atoms with Gasteiger partial charge in [0.05, 0.1) is 12.9 Å². The first-order valence-electron chi connectivity index (χ1n) is 9.40. The number of hydrogen-bond acceptors (Lipinski definition) is 7. The summed E-state index contributed by atoms with van der Waals surface area (Å²) in [6.45, 7) is 3.89. The van der Waals surface area contributed by atoms with Gasteiger partial charge in [0, 0.05) is 24.0 Å². The summed E-state index contributed by atoms with van der Waals surface area (Å²) in [4.78, 5) is 28.4. The molecule has 2 heterocycles. The smallest absolute Gasteiger partial charge is 0.328 e. The average molecular weight is 404 g/mol. The molecule has 1 aliphatic carbocycles. The number of carbonyl (C=O) groups is 2. The molecule has 8 nitrogen and oxygen atoms in total. The first kappa shape index (κ1) is 20.3. The number of pyridine rings is 1. The molecule has 9 heteroatoms. The van der Waals surface area contributed by atoms with Crippen LogP contribution in [0.1, 0.15) is 39.2 Å². The number of ether oxygens (including phenoxy) is 1. The molecular weight excluding hydrogens is 378 g/mol. The van der Waals surface area contributed by atoms with E-state index in [1.807, 2.05) is 26.0 Å². The largest absolute Gasteiger partial charge is 0.467 e. The molecule has 0 saturated heterocycles. The van der Waals surface area contributed by atoms with E-state index in [4.69, 9.17) is 4.74 Å². The third kappa shape index (κ3) is 4.70. The number of thioether (sulfide) groups is 1. The Morgan fingerprint density at radius 2 is 2.04 bits per heavy atom. The third-order valence-electron chi connectivity index (χ3n) is 4.83. The van der Waals surface area contributed by atoms with E-state index >= 15 is 0 Å². The molecule has 3 rings (SSSR count). The molecule has 2 atom stereocenters. The van der Waals surface area contributed by atoms with Crippen molar-refractivity contribution in [1.29, 1.82) is 0 Å². The Labute approximate surface area is 168 Å². The SMILES string of the molecule is CC[C@@H](C)[C@H](NC(=O)CSc1nnc(-c2ccncc2)n1C1CC1)C(=O)OC. The number of aromatic nitrogens is 4. The highest BCUT2D eigenvalue weighted by Gasteiger charge is 2.31. The molecule has 0 aliphatic heterocycles. The van der Waals surface area contributed by atoms with Crippen LogP contribution in [0.4, 0.5) is 0 Å². The Kier molecular flexibility index (Phi) is 6.66. The molecule has 0 spiro atoms. The maximum Gasteiger partial charge on any atom is 0.328 e. The van der Waals surface area contributed by atoms with Crippen LogP contribution in [-0.2, 0) is 14.3 Å². The van der Waals surface area contributed by atoms with Crippen LogP contribution in [0.2, 0.25) is 0 Å². The average Bonchev–Trinajstić information content (AvgIpc) is 3.48. The van der Waals surface area contributed by atoms with Crippen molar-refractivity contribution in [2.24, 2.45) is 5.92 Å².